The Labute approximate surface area is 178 Å². The highest BCUT2D eigenvalue weighted by Crippen LogP contribution is 2.20. The predicted molar refractivity (Wildman–Crippen MR) is 128 cm³/mol. The van der Waals surface area contributed by atoms with Crippen molar-refractivity contribution < 1.29 is 4.48 Å². The summed E-state index contributed by atoms with van der Waals surface area (Å²) in [7, 11) is 0. The van der Waals surface area contributed by atoms with Gasteiger partial charge in [-0.05, 0) is 38.5 Å². The van der Waals surface area contributed by atoms with Crippen LogP contribution in [-0.2, 0) is 0 Å². The Morgan fingerprint density at radius 1 is 0.571 bits per heavy atom. The van der Waals surface area contributed by atoms with Crippen molar-refractivity contribution in [2.45, 2.75) is 119 Å². The van der Waals surface area contributed by atoms with Crippen LogP contribution in [0, 0.1) is 0 Å². The number of aliphatic imine (C=N–C) groups is 1. The lowest BCUT2D eigenvalue weighted by atomic mass is 10.1. The first kappa shape index (κ1) is 27.4. The summed E-state index contributed by atoms with van der Waals surface area (Å²) in [5.74, 6) is 1.45. The van der Waals surface area contributed by atoms with Crippen LogP contribution in [0.3, 0.4) is 0 Å². The predicted octanol–water partition coefficient (Wildman–Crippen LogP) is 7.26. The van der Waals surface area contributed by atoms with Crippen molar-refractivity contribution in [3.05, 3.63) is 0 Å². The summed E-state index contributed by atoms with van der Waals surface area (Å²) in [6.45, 7) is 21.1. The van der Waals surface area contributed by atoms with Crippen LogP contribution >= 0.6 is 0 Å². The van der Waals surface area contributed by atoms with E-state index in [2.05, 4.69) is 46.4 Å². The molecule has 0 saturated heterocycles. The molecule has 3 nitrogen and oxygen atoms in total. The van der Waals surface area contributed by atoms with Gasteiger partial charge in [0.1, 0.15) is 0 Å². The van der Waals surface area contributed by atoms with Gasteiger partial charge in [0.15, 0.2) is 0 Å². The standard InChI is InChI=1S/C25H54N3/c1-7-13-19-26-25(27(20-14-8-2)21-15-9-3)28(22-16-10-4,23-17-11-5)24-18-12-6/h7-24H2,1-6H3/q+1/b26-25+. The minimum atomic E-state index is 1.00. The molecule has 0 rings (SSSR count). The third-order valence-electron chi connectivity index (χ3n) is 5.85. The second-order valence-corrected chi connectivity index (χ2v) is 8.61. The largest absolute Gasteiger partial charge is 0.311 e. The quantitative estimate of drug-likeness (QED) is 0.103. The van der Waals surface area contributed by atoms with Crippen molar-refractivity contribution in [3.63, 3.8) is 0 Å². The van der Waals surface area contributed by atoms with E-state index in [-0.39, 0.29) is 0 Å². The maximum atomic E-state index is 5.37. The molecule has 168 valence electrons. The molecule has 3 heteroatoms. The number of guanidine groups is 1. The van der Waals surface area contributed by atoms with Crippen LogP contribution < -0.4 is 0 Å². The van der Waals surface area contributed by atoms with E-state index in [9.17, 15) is 0 Å². The first-order valence-corrected chi connectivity index (χ1v) is 12.8. The summed E-state index contributed by atoms with van der Waals surface area (Å²) in [5, 5.41) is 0. The Balaban J connectivity index is 5.98. The fourth-order valence-corrected chi connectivity index (χ4v) is 3.91. The van der Waals surface area contributed by atoms with Gasteiger partial charge >= 0.3 is 0 Å². The minimum Gasteiger partial charge on any atom is -0.311 e. The highest BCUT2D eigenvalue weighted by molar-refractivity contribution is 5.73. The molecule has 0 aliphatic heterocycles. The maximum Gasteiger partial charge on any atom is 0.300 e. The van der Waals surface area contributed by atoms with E-state index in [1.54, 1.807) is 0 Å². The van der Waals surface area contributed by atoms with Gasteiger partial charge < -0.3 is 4.90 Å². The van der Waals surface area contributed by atoms with Crippen LogP contribution in [0.25, 0.3) is 0 Å². The van der Waals surface area contributed by atoms with E-state index >= 15 is 0 Å². The SMILES string of the molecule is CCCC/N=C(\N(CCCC)CCCC)[N+](CCCC)(CCCC)CCCC. The molecule has 0 aromatic heterocycles. The smallest absolute Gasteiger partial charge is 0.300 e. The lowest BCUT2D eigenvalue weighted by molar-refractivity contribution is -0.848. The highest BCUT2D eigenvalue weighted by Gasteiger charge is 2.36. The van der Waals surface area contributed by atoms with Gasteiger partial charge in [0.25, 0.3) is 5.96 Å². The van der Waals surface area contributed by atoms with Gasteiger partial charge in [-0.3, -0.25) is 4.48 Å². The maximum absolute atomic E-state index is 5.37. The van der Waals surface area contributed by atoms with Crippen molar-refractivity contribution in [1.82, 2.24) is 4.90 Å². The molecule has 0 radical (unpaired) electrons. The van der Waals surface area contributed by atoms with E-state index in [0.717, 1.165) is 11.0 Å². The van der Waals surface area contributed by atoms with Gasteiger partial charge in [0.05, 0.1) is 19.6 Å². The average molecular weight is 397 g/mol. The van der Waals surface area contributed by atoms with Crippen LogP contribution in [0.4, 0.5) is 0 Å². The van der Waals surface area contributed by atoms with E-state index in [1.165, 1.54) is 116 Å². The molecule has 0 heterocycles. The van der Waals surface area contributed by atoms with Crippen molar-refractivity contribution in [2.75, 3.05) is 39.3 Å². The van der Waals surface area contributed by atoms with Gasteiger partial charge in [-0.25, -0.2) is 4.99 Å². The zero-order valence-corrected chi connectivity index (χ0v) is 20.6. The normalized spacial score (nSPS) is 12.6. The summed E-state index contributed by atoms with van der Waals surface area (Å²) < 4.78 is 1.15. The van der Waals surface area contributed by atoms with Crippen LogP contribution in [0.1, 0.15) is 119 Å². The van der Waals surface area contributed by atoms with Crippen LogP contribution in [0.15, 0.2) is 4.99 Å². The number of hydrogen-bond acceptors (Lipinski definition) is 1. The van der Waals surface area contributed by atoms with Crippen molar-refractivity contribution in [3.8, 4) is 0 Å². The van der Waals surface area contributed by atoms with Crippen LogP contribution in [0.2, 0.25) is 0 Å². The molecule has 0 N–H and O–H groups in total. The first-order valence-electron chi connectivity index (χ1n) is 12.8. The van der Waals surface area contributed by atoms with Gasteiger partial charge in [0.2, 0.25) is 0 Å². The zero-order chi connectivity index (χ0) is 21.1. The molecular weight excluding hydrogens is 342 g/mol. The molecule has 0 unspecified atom stereocenters. The fraction of sp³-hybridized carbons (Fsp3) is 0.960. The van der Waals surface area contributed by atoms with Gasteiger partial charge in [-0.1, -0.05) is 80.1 Å². The molecule has 0 aliphatic rings. The molecule has 0 spiro atoms. The monoisotopic (exact) mass is 396 g/mol. The average Bonchev–Trinajstić information content (AvgIpc) is 2.72. The Hall–Kier alpha value is -0.570. The molecule has 0 amide bonds. The molecule has 0 aromatic rings. The highest BCUT2D eigenvalue weighted by atomic mass is 15.5. The molecule has 0 aromatic carbocycles. The van der Waals surface area contributed by atoms with E-state index in [0.29, 0.717) is 0 Å². The van der Waals surface area contributed by atoms with Gasteiger partial charge in [-0.15, -0.1) is 0 Å². The van der Waals surface area contributed by atoms with Gasteiger partial charge in [0, 0.05) is 19.6 Å². The van der Waals surface area contributed by atoms with Crippen molar-refractivity contribution in [2.24, 2.45) is 4.99 Å². The zero-order valence-electron chi connectivity index (χ0n) is 20.6. The van der Waals surface area contributed by atoms with E-state index in [4.69, 9.17) is 4.99 Å². The number of quaternary nitrogens is 1. The molecule has 0 aliphatic carbocycles. The first-order chi connectivity index (χ1) is 13.7. The second-order valence-electron chi connectivity index (χ2n) is 8.61. The molecular formula is C25H54N3+. The minimum absolute atomic E-state index is 1.00. The number of rotatable bonds is 18. The number of unbranched alkanes of at least 4 members (excludes halogenated alkanes) is 6. The molecule has 0 saturated carbocycles. The second kappa shape index (κ2) is 18.5. The lowest BCUT2D eigenvalue weighted by Gasteiger charge is -2.43. The third-order valence-corrected chi connectivity index (χ3v) is 5.85. The summed E-state index contributed by atoms with van der Waals surface area (Å²) >= 11 is 0. The summed E-state index contributed by atoms with van der Waals surface area (Å²) in [6.07, 6.45) is 15.3. The summed E-state index contributed by atoms with van der Waals surface area (Å²) in [5.41, 5.74) is 0. The van der Waals surface area contributed by atoms with Crippen molar-refractivity contribution >= 4 is 5.96 Å². The number of hydrogen-bond donors (Lipinski definition) is 0. The molecule has 0 atom stereocenters. The summed E-state index contributed by atoms with van der Waals surface area (Å²) in [6, 6.07) is 0. The van der Waals surface area contributed by atoms with Crippen LogP contribution in [0.5, 0.6) is 0 Å². The topological polar surface area (TPSA) is 15.6 Å². The molecule has 0 fully saturated rings. The van der Waals surface area contributed by atoms with Crippen LogP contribution in [-0.4, -0.2) is 54.6 Å². The van der Waals surface area contributed by atoms with E-state index < -0.39 is 0 Å². The Kier molecular flexibility index (Phi) is 18.1. The Morgan fingerprint density at radius 2 is 0.964 bits per heavy atom. The van der Waals surface area contributed by atoms with Gasteiger partial charge in [-0.2, -0.15) is 0 Å². The lowest BCUT2D eigenvalue weighted by Crippen LogP contribution is -2.61. The summed E-state index contributed by atoms with van der Waals surface area (Å²) in [4.78, 5) is 8.08. The van der Waals surface area contributed by atoms with Crippen molar-refractivity contribution in [1.29, 1.82) is 0 Å². The Bertz CT molecular complexity index is 335. The Morgan fingerprint density at radius 3 is 1.32 bits per heavy atom. The third kappa shape index (κ3) is 10.8. The van der Waals surface area contributed by atoms with E-state index in [1.807, 2.05) is 0 Å². The number of nitrogens with zero attached hydrogens (tertiary/aromatic N) is 3. The fourth-order valence-electron chi connectivity index (χ4n) is 3.91. The molecule has 0 bridgehead atoms. The molecule has 28 heavy (non-hydrogen) atoms.